The third kappa shape index (κ3) is 6.38. The summed E-state index contributed by atoms with van der Waals surface area (Å²) in [7, 11) is -3.14. The molecule has 1 aliphatic heterocycles. The average Bonchev–Trinajstić information content (AvgIpc) is 2.37. The summed E-state index contributed by atoms with van der Waals surface area (Å²) in [6, 6.07) is 0.0630. The van der Waals surface area contributed by atoms with Crippen molar-refractivity contribution in [3.8, 4) is 0 Å². The van der Waals surface area contributed by atoms with E-state index in [2.05, 4.69) is 14.9 Å². The maximum Gasteiger partial charge on any atom is 0.213 e. The number of hydrogen-bond acceptors (Lipinski definition) is 5. The predicted molar refractivity (Wildman–Crippen MR) is 78.7 cm³/mol. The molecule has 0 aliphatic carbocycles. The number of hydrogen-bond donors (Lipinski definition) is 2. The molecule has 0 aromatic heterocycles. The van der Waals surface area contributed by atoms with E-state index in [1.807, 2.05) is 13.2 Å². The minimum absolute atomic E-state index is 0.0630. The molecule has 18 heavy (non-hydrogen) atoms. The SMILES string of the molecule is CCC(CSC)NS(=O)(=O)CCN1CCNCC1. The van der Waals surface area contributed by atoms with Crippen molar-refractivity contribution in [3.63, 3.8) is 0 Å². The van der Waals surface area contributed by atoms with Crippen molar-refractivity contribution < 1.29 is 8.42 Å². The van der Waals surface area contributed by atoms with Gasteiger partial charge in [-0.25, -0.2) is 13.1 Å². The van der Waals surface area contributed by atoms with Crippen LogP contribution < -0.4 is 10.0 Å². The molecule has 2 N–H and O–H groups in total. The van der Waals surface area contributed by atoms with E-state index in [-0.39, 0.29) is 11.8 Å². The molecule has 0 amide bonds. The Kier molecular flexibility index (Phi) is 7.55. The molecule has 1 atom stereocenters. The number of nitrogens with one attached hydrogen (secondary N) is 2. The number of sulfonamides is 1. The van der Waals surface area contributed by atoms with Crippen molar-refractivity contribution >= 4 is 21.8 Å². The van der Waals surface area contributed by atoms with Crippen LogP contribution in [0.4, 0.5) is 0 Å². The van der Waals surface area contributed by atoms with Gasteiger partial charge in [-0.3, -0.25) is 4.90 Å². The Hall–Kier alpha value is 0.180. The third-order valence-corrected chi connectivity index (χ3v) is 5.24. The molecule has 108 valence electrons. The average molecular weight is 295 g/mol. The van der Waals surface area contributed by atoms with Crippen molar-refractivity contribution in [3.05, 3.63) is 0 Å². The summed E-state index contributed by atoms with van der Waals surface area (Å²) in [5.41, 5.74) is 0. The van der Waals surface area contributed by atoms with Gasteiger partial charge in [0.2, 0.25) is 10.0 Å². The zero-order valence-corrected chi connectivity index (χ0v) is 12.9. The molecule has 0 saturated carbocycles. The monoisotopic (exact) mass is 295 g/mol. The molecule has 1 fully saturated rings. The topological polar surface area (TPSA) is 61.4 Å². The molecule has 7 heteroatoms. The smallest absolute Gasteiger partial charge is 0.213 e. The van der Waals surface area contributed by atoms with Crippen molar-refractivity contribution in [2.24, 2.45) is 0 Å². The van der Waals surface area contributed by atoms with Gasteiger partial charge in [0.05, 0.1) is 5.75 Å². The molecule has 0 aromatic rings. The van der Waals surface area contributed by atoms with E-state index in [9.17, 15) is 8.42 Å². The second-order valence-corrected chi connectivity index (χ2v) is 7.37. The summed E-state index contributed by atoms with van der Waals surface area (Å²) >= 11 is 1.68. The molecule has 5 nitrogen and oxygen atoms in total. The van der Waals surface area contributed by atoms with E-state index in [4.69, 9.17) is 0 Å². The van der Waals surface area contributed by atoms with Crippen molar-refractivity contribution in [2.75, 3.05) is 50.5 Å². The van der Waals surface area contributed by atoms with Crippen LogP contribution in [0.2, 0.25) is 0 Å². The standard InChI is InChI=1S/C11H25N3O2S2/c1-3-11(10-17-2)13-18(15,16)9-8-14-6-4-12-5-7-14/h11-13H,3-10H2,1-2H3. The zero-order valence-electron chi connectivity index (χ0n) is 11.3. The Morgan fingerprint density at radius 1 is 1.39 bits per heavy atom. The van der Waals surface area contributed by atoms with Crippen LogP contribution in [0, 0.1) is 0 Å². The maximum atomic E-state index is 12.0. The maximum absolute atomic E-state index is 12.0. The van der Waals surface area contributed by atoms with Gasteiger partial charge in [-0.2, -0.15) is 11.8 Å². The van der Waals surface area contributed by atoms with Crippen LogP contribution >= 0.6 is 11.8 Å². The Labute approximate surface area is 115 Å². The second kappa shape index (κ2) is 8.37. The summed E-state index contributed by atoms with van der Waals surface area (Å²) < 4.78 is 26.7. The van der Waals surface area contributed by atoms with Crippen LogP contribution in [-0.2, 0) is 10.0 Å². The number of nitrogens with zero attached hydrogens (tertiary/aromatic N) is 1. The Bertz CT molecular complexity index is 316. The first-order valence-corrected chi connectivity index (χ1v) is 9.54. The summed E-state index contributed by atoms with van der Waals surface area (Å²) in [5.74, 6) is 1.04. The first-order valence-electron chi connectivity index (χ1n) is 6.49. The van der Waals surface area contributed by atoms with Gasteiger partial charge in [-0.15, -0.1) is 0 Å². The summed E-state index contributed by atoms with van der Waals surface area (Å²) in [4.78, 5) is 2.20. The quantitative estimate of drug-likeness (QED) is 0.658. The molecule has 1 unspecified atom stereocenters. The van der Waals surface area contributed by atoms with E-state index < -0.39 is 10.0 Å². The molecular weight excluding hydrogens is 270 g/mol. The highest BCUT2D eigenvalue weighted by Gasteiger charge is 2.18. The summed E-state index contributed by atoms with van der Waals surface area (Å²) in [5, 5.41) is 3.26. The first kappa shape index (κ1) is 16.2. The molecule has 1 heterocycles. The van der Waals surface area contributed by atoms with Gasteiger partial charge in [-0.1, -0.05) is 6.92 Å². The van der Waals surface area contributed by atoms with Crippen LogP contribution in [0.5, 0.6) is 0 Å². The minimum atomic E-state index is -3.14. The minimum Gasteiger partial charge on any atom is -0.314 e. The van der Waals surface area contributed by atoms with Gasteiger partial charge in [0.1, 0.15) is 0 Å². The first-order chi connectivity index (χ1) is 8.57. The van der Waals surface area contributed by atoms with Gasteiger partial charge in [0.15, 0.2) is 0 Å². The summed E-state index contributed by atoms with van der Waals surface area (Å²) in [6.45, 7) is 6.44. The highest BCUT2D eigenvalue weighted by Crippen LogP contribution is 2.03. The third-order valence-electron chi connectivity index (χ3n) is 3.09. The highest BCUT2D eigenvalue weighted by atomic mass is 32.2. The fourth-order valence-electron chi connectivity index (χ4n) is 1.93. The normalized spacial score (nSPS) is 19.9. The lowest BCUT2D eigenvalue weighted by molar-refractivity contribution is 0.253. The Morgan fingerprint density at radius 2 is 2.06 bits per heavy atom. The van der Waals surface area contributed by atoms with Crippen LogP contribution in [0.3, 0.4) is 0 Å². The lowest BCUT2D eigenvalue weighted by atomic mass is 10.3. The Balaban J connectivity index is 2.33. The van der Waals surface area contributed by atoms with Crippen molar-refractivity contribution in [1.82, 2.24) is 14.9 Å². The molecule has 0 spiro atoms. The fourth-order valence-corrected chi connectivity index (χ4v) is 4.13. The summed E-state index contributed by atoms with van der Waals surface area (Å²) in [6.07, 6.45) is 2.84. The van der Waals surface area contributed by atoms with E-state index in [0.29, 0.717) is 6.54 Å². The molecular formula is C11H25N3O2S2. The van der Waals surface area contributed by atoms with Crippen LogP contribution in [0.1, 0.15) is 13.3 Å². The van der Waals surface area contributed by atoms with E-state index in [0.717, 1.165) is 38.4 Å². The van der Waals surface area contributed by atoms with Gasteiger partial charge in [0.25, 0.3) is 0 Å². The number of piperazine rings is 1. The van der Waals surface area contributed by atoms with Gasteiger partial charge >= 0.3 is 0 Å². The van der Waals surface area contributed by atoms with Crippen LogP contribution in [-0.4, -0.2) is 69.8 Å². The number of thioether (sulfide) groups is 1. The second-order valence-electron chi connectivity index (χ2n) is 4.59. The largest absolute Gasteiger partial charge is 0.314 e. The van der Waals surface area contributed by atoms with Gasteiger partial charge in [-0.05, 0) is 12.7 Å². The molecule has 1 saturated heterocycles. The van der Waals surface area contributed by atoms with E-state index in [1.54, 1.807) is 11.8 Å². The predicted octanol–water partition coefficient (Wildman–Crippen LogP) is -0.0474. The lowest BCUT2D eigenvalue weighted by Gasteiger charge is -2.27. The molecule has 0 radical (unpaired) electrons. The van der Waals surface area contributed by atoms with Crippen molar-refractivity contribution in [2.45, 2.75) is 19.4 Å². The molecule has 1 aliphatic rings. The zero-order chi connectivity index (χ0) is 13.4. The number of rotatable bonds is 8. The van der Waals surface area contributed by atoms with E-state index in [1.165, 1.54) is 0 Å². The van der Waals surface area contributed by atoms with Crippen molar-refractivity contribution in [1.29, 1.82) is 0 Å². The van der Waals surface area contributed by atoms with Crippen LogP contribution in [0.15, 0.2) is 0 Å². The molecule has 0 bridgehead atoms. The van der Waals surface area contributed by atoms with E-state index >= 15 is 0 Å². The molecule has 0 aromatic carbocycles. The molecule has 1 rings (SSSR count). The highest BCUT2D eigenvalue weighted by molar-refractivity contribution is 7.98. The Morgan fingerprint density at radius 3 is 2.61 bits per heavy atom. The van der Waals surface area contributed by atoms with Crippen LogP contribution in [0.25, 0.3) is 0 Å². The lowest BCUT2D eigenvalue weighted by Crippen LogP contribution is -2.46. The fraction of sp³-hybridized carbons (Fsp3) is 1.00. The van der Waals surface area contributed by atoms with Gasteiger partial charge < -0.3 is 5.32 Å². The van der Waals surface area contributed by atoms with Gasteiger partial charge in [0, 0.05) is 44.5 Å².